The third-order valence-electron chi connectivity index (χ3n) is 0. The molecule has 0 unspecified atom stereocenters. The Morgan fingerprint density at radius 2 is 1.57 bits per heavy atom. The van der Waals surface area contributed by atoms with E-state index in [4.69, 9.17) is 19.2 Å². The minimum atomic E-state index is -5.14. The molecule has 40 valence electrons. The zero-order valence-corrected chi connectivity index (χ0v) is 6.72. The maximum absolute atomic E-state index is 8.66. The molecule has 5 nitrogen and oxygen atoms in total. The predicted molar refractivity (Wildman–Crippen MR) is 16.0 cm³/mol. The largest absolute Gasteiger partial charge is 1.00 e. The summed E-state index contributed by atoms with van der Waals surface area (Å²) in [4.78, 5) is 24.3. The molecule has 0 heterocycles. The Hall–Kier alpha value is 1.07. The fourth-order valence-electron chi connectivity index (χ4n) is 0. The van der Waals surface area contributed by atoms with Gasteiger partial charge in [-0.3, -0.25) is 0 Å². The van der Waals surface area contributed by atoms with Gasteiger partial charge < -0.3 is 25.4 Å². The van der Waals surface area contributed by atoms with E-state index >= 15 is 0 Å². The summed E-state index contributed by atoms with van der Waals surface area (Å²) in [5.41, 5.74) is 0. The van der Waals surface area contributed by atoms with Gasteiger partial charge >= 0.3 is 31.0 Å². The first kappa shape index (κ1) is 15.7. The fraction of sp³-hybridized carbons (Fsp3) is 0. The average molecular weight is 137 g/mol. The van der Waals surface area contributed by atoms with Crippen molar-refractivity contribution in [3.63, 3.8) is 0 Å². The standard InChI is InChI=1S/H3N.Na.H3O4P/c;;1-5(2,3)4/h1H3;;(H3,1,2,3,4)/q;+1;/p-1. The van der Waals surface area contributed by atoms with Crippen LogP contribution in [0.3, 0.4) is 0 Å². The van der Waals surface area contributed by atoms with Gasteiger partial charge in [0.2, 0.25) is 0 Å². The third-order valence-corrected chi connectivity index (χ3v) is 0. The maximum Gasteiger partial charge on any atom is 1.00 e. The van der Waals surface area contributed by atoms with Crippen LogP contribution >= 0.6 is 7.82 Å². The van der Waals surface area contributed by atoms with E-state index < -0.39 is 7.82 Å². The summed E-state index contributed by atoms with van der Waals surface area (Å²) in [6.45, 7) is 0. The van der Waals surface area contributed by atoms with Gasteiger partial charge in [0, 0.05) is 0 Å². The molecule has 4 N–H and O–H groups in total. The summed E-state index contributed by atoms with van der Waals surface area (Å²) in [7, 11) is -5.14. The van der Waals surface area contributed by atoms with Crippen molar-refractivity contribution in [1.82, 2.24) is 6.15 Å². The van der Waals surface area contributed by atoms with Crippen molar-refractivity contribution in [1.29, 1.82) is 0 Å². The van der Waals surface area contributed by atoms with Crippen molar-refractivity contribution in [2.24, 2.45) is 0 Å². The summed E-state index contributed by atoms with van der Waals surface area (Å²) in [6.07, 6.45) is 0. The van der Waals surface area contributed by atoms with Crippen LogP contribution in [0.15, 0.2) is 0 Å². The van der Waals surface area contributed by atoms with Crippen molar-refractivity contribution < 1.29 is 50.2 Å². The molecule has 0 saturated carbocycles. The molecule has 0 aliphatic carbocycles. The second kappa shape index (κ2) is 5.21. The Bertz CT molecular complexity index is 62.2. The first-order chi connectivity index (χ1) is 2.00. The van der Waals surface area contributed by atoms with Gasteiger partial charge in [-0.25, -0.2) is 0 Å². The summed E-state index contributed by atoms with van der Waals surface area (Å²) < 4.78 is 8.66. The van der Waals surface area contributed by atoms with Crippen molar-refractivity contribution in [2.45, 2.75) is 0 Å². The summed E-state index contributed by atoms with van der Waals surface area (Å²) >= 11 is 0. The quantitative estimate of drug-likeness (QED) is 0.256. The maximum atomic E-state index is 8.66. The van der Waals surface area contributed by atoms with Gasteiger partial charge in [0.25, 0.3) is 0 Å². The molecule has 0 bridgehead atoms. The Morgan fingerprint density at radius 1 is 1.57 bits per heavy atom. The van der Waals surface area contributed by atoms with Crippen LogP contribution in [-0.4, -0.2) is 4.89 Å². The van der Waals surface area contributed by atoms with Gasteiger partial charge in [-0.05, 0) is 0 Å². The molecule has 7 heteroatoms. The molecule has 0 saturated heterocycles. The van der Waals surface area contributed by atoms with Gasteiger partial charge in [-0.15, -0.1) is 0 Å². The van der Waals surface area contributed by atoms with E-state index in [0.29, 0.717) is 0 Å². The van der Waals surface area contributed by atoms with E-state index in [1.165, 1.54) is 0 Å². The molecule has 0 aromatic rings. The molecule has 0 rings (SSSR count). The van der Waals surface area contributed by atoms with E-state index in [0.717, 1.165) is 0 Å². The molecule has 0 aliphatic heterocycles. The minimum absolute atomic E-state index is 0. The summed E-state index contributed by atoms with van der Waals surface area (Å²) in [5, 5.41) is 0. The van der Waals surface area contributed by atoms with Gasteiger partial charge in [0.1, 0.15) is 0 Å². The first-order valence-electron chi connectivity index (χ1n) is 0.748. The molecule has 0 radical (unpaired) electrons. The molecule has 0 atom stereocenters. The molecular formula is H5NNaO4P. The van der Waals surface area contributed by atoms with E-state index in [-0.39, 0.29) is 37.1 Å². The zero-order valence-electron chi connectivity index (χ0n) is 4.83. The smallest absolute Gasteiger partial charge is 0.790 e. The van der Waals surface area contributed by atoms with Crippen LogP contribution in [0.1, 0.15) is 1.43 Å². The number of hydrogen-bond acceptors (Lipinski definition) is 4. The van der Waals surface area contributed by atoms with E-state index in [2.05, 4.69) is 0 Å². The second-order valence-electron chi connectivity index (χ2n) is 0.469. The van der Waals surface area contributed by atoms with Crippen molar-refractivity contribution in [2.75, 3.05) is 0 Å². The summed E-state index contributed by atoms with van der Waals surface area (Å²) in [5.74, 6) is 0. The van der Waals surface area contributed by atoms with E-state index in [1.807, 2.05) is 0 Å². The molecular weight excluding hydrogens is 132 g/mol. The Kier molecular flexibility index (Phi) is 11.7. The van der Waals surface area contributed by atoms with Crippen LogP contribution in [0.4, 0.5) is 0 Å². The molecule has 0 fully saturated rings. The van der Waals surface area contributed by atoms with Gasteiger partial charge in [0.15, 0.2) is 0 Å². The fourth-order valence-corrected chi connectivity index (χ4v) is 0. The Labute approximate surface area is 64.3 Å². The minimum Gasteiger partial charge on any atom is -0.790 e. The topological polar surface area (TPSA) is 118 Å². The van der Waals surface area contributed by atoms with Crippen molar-refractivity contribution >= 4 is 7.82 Å². The van der Waals surface area contributed by atoms with Gasteiger partial charge in [0.05, 0.1) is 7.82 Å². The van der Waals surface area contributed by atoms with E-state index in [1.54, 1.807) is 0 Å². The Balaban J connectivity index is -0.0000000267. The molecule has 0 aliphatic rings. The number of phosphoric acid groups is 1. The van der Waals surface area contributed by atoms with Crippen molar-refractivity contribution in [3.05, 3.63) is 0 Å². The zero-order chi connectivity index (χ0) is 4.50. The van der Waals surface area contributed by atoms with Gasteiger partial charge in [-0.2, -0.15) is 0 Å². The van der Waals surface area contributed by atoms with Crippen LogP contribution in [0.25, 0.3) is 0 Å². The van der Waals surface area contributed by atoms with Crippen LogP contribution in [0, 0.1) is 0 Å². The molecule has 7 heavy (non-hydrogen) atoms. The SMILES string of the molecule is N.O=P([O-])([O-])O.[H+].[Na+]. The van der Waals surface area contributed by atoms with Crippen LogP contribution < -0.4 is 45.5 Å². The molecule has 0 amide bonds. The predicted octanol–water partition coefficient (Wildman–Crippen LogP) is -4.91. The average Bonchev–Trinajstić information content (AvgIpc) is 0.722. The van der Waals surface area contributed by atoms with Crippen molar-refractivity contribution in [3.8, 4) is 0 Å². The summed E-state index contributed by atoms with van der Waals surface area (Å²) in [6, 6.07) is 0. The second-order valence-corrected chi connectivity index (χ2v) is 1.41. The Morgan fingerprint density at radius 3 is 1.57 bits per heavy atom. The molecule has 0 spiro atoms. The molecule has 0 aromatic heterocycles. The number of rotatable bonds is 0. The monoisotopic (exact) mass is 137 g/mol. The third kappa shape index (κ3) is 159. The van der Waals surface area contributed by atoms with Crippen LogP contribution in [0.2, 0.25) is 0 Å². The van der Waals surface area contributed by atoms with Gasteiger partial charge in [-0.1, -0.05) is 0 Å². The van der Waals surface area contributed by atoms with Crippen LogP contribution in [-0.2, 0) is 4.57 Å². The first-order valence-corrected chi connectivity index (χ1v) is 2.24. The molecule has 0 aromatic carbocycles. The van der Waals surface area contributed by atoms with E-state index in [9.17, 15) is 0 Å². The number of hydrogen-bond donors (Lipinski definition) is 2. The normalized spacial score (nSPS) is 8.43. The van der Waals surface area contributed by atoms with Crippen LogP contribution in [0.5, 0.6) is 0 Å².